The maximum atomic E-state index is 12.1. The first-order chi connectivity index (χ1) is 11.7. The average Bonchev–Trinajstić information content (AvgIpc) is 2.64. The monoisotopic (exact) mass is 320 g/mol. The van der Waals surface area contributed by atoms with Gasteiger partial charge >= 0.3 is 11.9 Å². The van der Waals surface area contributed by atoms with Gasteiger partial charge < -0.3 is 9.47 Å². The molecule has 0 aliphatic carbocycles. The Bertz CT molecular complexity index is 779. The Morgan fingerprint density at radius 3 is 1.42 bits per heavy atom. The first-order valence-electron chi connectivity index (χ1n) is 7.09. The minimum atomic E-state index is -0.642. The summed E-state index contributed by atoms with van der Waals surface area (Å²) in [6.45, 7) is 0. The number of hydrogen-bond acceptors (Lipinski definition) is 6. The molecule has 0 saturated carbocycles. The van der Waals surface area contributed by atoms with Crippen molar-refractivity contribution in [2.75, 3.05) is 0 Å². The highest BCUT2D eigenvalue weighted by Gasteiger charge is 2.16. The fourth-order valence-corrected chi connectivity index (χ4v) is 1.89. The number of esters is 2. The highest BCUT2D eigenvalue weighted by molar-refractivity contribution is 5.91. The summed E-state index contributed by atoms with van der Waals surface area (Å²) in [4.78, 5) is 32.0. The second-order valence-corrected chi connectivity index (χ2v) is 4.66. The minimum Gasteiger partial charge on any atom is -0.418 e. The lowest BCUT2D eigenvalue weighted by molar-refractivity contribution is 0.0676. The maximum Gasteiger partial charge on any atom is 0.362 e. The first kappa shape index (κ1) is 15.4. The van der Waals surface area contributed by atoms with Crippen LogP contribution in [0.5, 0.6) is 11.5 Å². The number of hydrogen-bond donors (Lipinski definition) is 0. The molecular weight excluding hydrogens is 308 g/mol. The molecule has 0 unspecified atom stereocenters. The first-order valence-corrected chi connectivity index (χ1v) is 7.09. The predicted octanol–water partition coefficient (Wildman–Crippen LogP) is 2.92. The fourth-order valence-electron chi connectivity index (χ4n) is 1.89. The summed E-state index contributed by atoms with van der Waals surface area (Å²) in [6, 6.07) is 16.2. The topological polar surface area (TPSA) is 78.4 Å². The number of nitrogens with zero attached hydrogens (tertiary/aromatic N) is 2. The molecule has 0 bridgehead atoms. The van der Waals surface area contributed by atoms with Crippen LogP contribution in [0, 0.1) is 0 Å². The molecule has 0 atom stereocenters. The number of benzene rings is 1. The van der Waals surface area contributed by atoms with Crippen molar-refractivity contribution in [3.05, 3.63) is 84.4 Å². The van der Waals surface area contributed by atoms with Crippen molar-refractivity contribution in [1.82, 2.24) is 9.97 Å². The van der Waals surface area contributed by atoms with Crippen molar-refractivity contribution in [1.29, 1.82) is 0 Å². The van der Waals surface area contributed by atoms with Crippen LogP contribution >= 0.6 is 0 Å². The van der Waals surface area contributed by atoms with Crippen LogP contribution < -0.4 is 9.47 Å². The van der Waals surface area contributed by atoms with E-state index >= 15 is 0 Å². The number of rotatable bonds is 4. The SMILES string of the molecule is O=C(Oc1ccccc1OC(=O)c1ccccn1)c1ccccn1. The zero-order valence-electron chi connectivity index (χ0n) is 12.5. The maximum absolute atomic E-state index is 12.1. The summed E-state index contributed by atoms with van der Waals surface area (Å²) < 4.78 is 10.5. The molecular formula is C18H12N2O4. The molecule has 0 N–H and O–H groups in total. The van der Waals surface area contributed by atoms with Gasteiger partial charge in [-0.1, -0.05) is 24.3 Å². The van der Waals surface area contributed by atoms with Gasteiger partial charge in [0.1, 0.15) is 11.4 Å². The van der Waals surface area contributed by atoms with Crippen LogP contribution in [0.2, 0.25) is 0 Å². The zero-order chi connectivity index (χ0) is 16.8. The molecule has 1 aromatic carbocycles. The third kappa shape index (κ3) is 3.61. The number of carbonyl (C=O) groups is 2. The summed E-state index contributed by atoms with van der Waals surface area (Å²) >= 11 is 0. The van der Waals surface area contributed by atoms with Gasteiger partial charge in [-0.2, -0.15) is 0 Å². The lowest BCUT2D eigenvalue weighted by Crippen LogP contribution is -2.14. The Hall–Kier alpha value is -3.54. The van der Waals surface area contributed by atoms with Gasteiger partial charge in [0.15, 0.2) is 11.5 Å². The van der Waals surface area contributed by atoms with E-state index in [0.29, 0.717) is 0 Å². The number of ether oxygens (including phenoxy) is 2. The van der Waals surface area contributed by atoms with Gasteiger partial charge in [-0.05, 0) is 36.4 Å². The third-order valence-corrected chi connectivity index (χ3v) is 3.00. The molecule has 6 nitrogen and oxygen atoms in total. The molecule has 3 rings (SSSR count). The van der Waals surface area contributed by atoms with E-state index in [1.54, 1.807) is 36.4 Å². The van der Waals surface area contributed by atoms with Crippen LogP contribution in [-0.4, -0.2) is 21.9 Å². The van der Waals surface area contributed by atoms with Crippen molar-refractivity contribution in [2.24, 2.45) is 0 Å². The Morgan fingerprint density at radius 1 is 0.625 bits per heavy atom. The lowest BCUT2D eigenvalue weighted by Gasteiger charge is -2.09. The second kappa shape index (κ2) is 7.15. The lowest BCUT2D eigenvalue weighted by atomic mass is 10.3. The number of pyridine rings is 2. The van der Waals surface area contributed by atoms with E-state index in [1.165, 1.54) is 36.7 Å². The molecule has 2 heterocycles. The molecule has 0 radical (unpaired) electrons. The summed E-state index contributed by atoms with van der Waals surface area (Å²) in [7, 11) is 0. The van der Waals surface area contributed by atoms with Crippen molar-refractivity contribution in [2.45, 2.75) is 0 Å². The standard InChI is InChI=1S/C18H12N2O4/c21-17(13-7-3-5-11-19-13)23-15-9-1-2-10-16(15)24-18(22)14-8-4-6-12-20-14/h1-12H. The molecule has 3 aromatic rings. The van der Waals surface area contributed by atoms with Crippen molar-refractivity contribution in [3.63, 3.8) is 0 Å². The molecule has 0 aliphatic rings. The number of carbonyl (C=O) groups excluding carboxylic acids is 2. The predicted molar refractivity (Wildman–Crippen MR) is 84.8 cm³/mol. The van der Waals surface area contributed by atoms with Gasteiger partial charge in [0.2, 0.25) is 0 Å². The summed E-state index contributed by atoms with van der Waals surface area (Å²) in [5, 5.41) is 0. The van der Waals surface area contributed by atoms with Crippen molar-refractivity contribution < 1.29 is 19.1 Å². The van der Waals surface area contributed by atoms with E-state index in [0.717, 1.165) is 0 Å². The van der Waals surface area contributed by atoms with Gasteiger partial charge in [0, 0.05) is 12.4 Å². The third-order valence-electron chi connectivity index (χ3n) is 3.00. The van der Waals surface area contributed by atoms with Crippen LogP contribution in [-0.2, 0) is 0 Å². The smallest absolute Gasteiger partial charge is 0.362 e. The van der Waals surface area contributed by atoms with E-state index in [9.17, 15) is 9.59 Å². The van der Waals surface area contributed by atoms with Gasteiger partial charge in [-0.25, -0.2) is 19.6 Å². The quantitative estimate of drug-likeness (QED) is 0.543. The molecule has 6 heteroatoms. The minimum absolute atomic E-state index is 0.123. The molecule has 0 aliphatic heterocycles. The van der Waals surface area contributed by atoms with E-state index in [1.807, 2.05) is 0 Å². The Kier molecular flexibility index (Phi) is 4.57. The molecule has 2 aromatic heterocycles. The summed E-state index contributed by atoms with van der Waals surface area (Å²) in [5.74, 6) is -1.04. The van der Waals surface area contributed by atoms with E-state index < -0.39 is 11.9 Å². The highest BCUT2D eigenvalue weighted by Crippen LogP contribution is 2.27. The molecule has 0 saturated heterocycles. The zero-order valence-corrected chi connectivity index (χ0v) is 12.5. The molecule has 0 spiro atoms. The van der Waals surface area contributed by atoms with Crippen LogP contribution in [0.15, 0.2) is 73.1 Å². The van der Waals surface area contributed by atoms with Gasteiger partial charge in [0.25, 0.3) is 0 Å². The van der Waals surface area contributed by atoms with E-state index in [-0.39, 0.29) is 22.9 Å². The van der Waals surface area contributed by atoms with Crippen LogP contribution in [0.4, 0.5) is 0 Å². The van der Waals surface area contributed by atoms with E-state index in [4.69, 9.17) is 9.47 Å². The number of aromatic nitrogens is 2. The van der Waals surface area contributed by atoms with Gasteiger partial charge in [0.05, 0.1) is 0 Å². The second-order valence-electron chi connectivity index (χ2n) is 4.66. The van der Waals surface area contributed by atoms with Crippen molar-refractivity contribution in [3.8, 4) is 11.5 Å². The van der Waals surface area contributed by atoms with Crippen LogP contribution in [0.3, 0.4) is 0 Å². The number of para-hydroxylation sites is 2. The summed E-state index contributed by atoms with van der Waals surface area (Å²) in [6.07, 6.45) is 2.98. The highest BCUT2D eigenvalue weighted by atomic mass is 16.6. The van der Waals surface area contributed by atoms with Crippen LogP contribution in [0.25, 0.3) is 0 Å². The fraction of sp³-hybridized carbons (Fsp3) is 0. The van der Waals surface area contributed by atoms with Crippen LogP contribution in [0.1, 0.15) is 21.0 Å². The van der Waals surface area contributed by atoms with Gasteiger partial charge in [-0.15, -0.1) is 0 Å². The summed E-state index contributed by atoms with van der Waals surface area (Å²) in [5.41, 5.74) is 0.312. The molecule has 0 amide bonds. The Morgan fingerprint density at radius 2 is 1.04 bits per heavy atom. The molecule has 24 heavy (non-hydrogen) atoms. The largest absolute Gasteiger partial charge is 0.418 e. The Labute approximate surface area is 137 Å². The van der Waals surface area contributed by atoms with E-state index in [2.05, 4.69) is 9.97 Å². The molecule has 118 valence electrons. The molecule has 0 fully saturated rings. The van der Waals surface area contributed by atoms with Gasteiger partial charge in [-0.3, -0.25) is 0 Å². The van der Waals surface area contributed by atoms with Crippen molar-refractivity contribution >= 4 is 11.9 Å². The normalized spacial score (nSPS) is 10.0. The average molecular weight is 320 g/mol. The Balaban J connectivity index is 1.78.